The van der Waals surface area contributed by atoms with E-state index in [-0.39, 0.29) is 28.8 Å². The van der Waals surface area contributed by atoms with Crippen LogP contribution in [0.4, 0.5) is 24.9 Å². The Kier molecular flexibility index (Phi) is 4.47. The predicted octanol–water partition coefficient (Wildman–Crippen LogP) is 2.78. The summed E-state index contributed by atoms with van der Waals surface area (Å²) in [7, 11) is 0. The van der Waals surface area contributed by atoms with Crippen molar-refractivity contribution in [1.29, 1.82) is 5.26 Å². The molecule has 0 saturated heterocycles. The normalized spacial score (nSPS) is 11.0. The van der Waals surface area contributed by atoms with E-state index in [1.165, 1.54) is 12.1 Å². The molecule has 11 heteroatoms. The molecule has 0 atom stereocenters. The maximum Gasteiger partial charge on any atom is 0.433 e. The Morgan fingerprint density at radius 3 is 2.56 bits per heavy atom. The lowest BCUT2D eigenvalue weighted by Gasteiger charge is -2.10. The molecule has 0 aliphatic rings. The highest BCUT2D eigenvalue weighted by molar-refractivity contribution is 5.73. The van der Waals surface area contributed by atoms with Gasteiger partial charge in [0.25, 0.3) is 0 Å². The molecule has 0 spiro atoms. The average Bonchev–Trinajstić information content (AvgIpc) is 2.61. The number of hydrogen-bond donors (Lipinski definition) is 2. The molecule has 4 N–H and O–H groups in total. The molecule has 0 saturated carbocycles. The second-order valence-electron chi connectivity index (χ2n) is 5.15. The zero-order valence-electron chi connectivity index (χ0n) is 13.4. The van der Waals surface area contributed by atoms with Crippen LogP contribution in [0.1, 0.15) is 11.3 Å². The van der Waals surface area contributed by atoms with Crippen LogP contribution in [0.3, 0.4) is 0 Å². The number of anilines is 2. The summed E-state index contributed by atoms with van der Waals surface area (Å²) in [5, 5.41) is 9.25. The van der Waals surface area contributed by atoms with Crippen LogP contribution in [0.5, 0.6) is 11.8 Å². The second kappa shape index (κ2) is 6.75. The van der Waals surface area contributed by atoms with Gasteiger partial charge in [0.05, 0.1) is 5.69 Å². The maximum absolute atomic E-state index is 12.7. The van der Waals surface area contributed by atoms with Gasteiger partial charge in [-0.15, -0.1) is 0 Å². The second-order valence-corrected chi connectivity index (χ2v) is 5.15. The molecule has 0 radical (unpaired) electrons. The molecular formula is C16H10F3N7O. The van der Waals surface area contributed by atoms with Crippen molar-refractivity contribution < 1.29 is 17.9 Å². The standard InChI is InChI=1S/C16H10F3N7O/c17-16(18,19)11-4-5-23-15(24-11)27-9-3-1-2-8(6-9)12-10(7-20)13(21)26-14(22)25-12/h1-6H,(H4,21,22,25,26). The summed E-state index contributed by atoms with van der Waals surface area (Å²) in [6, 6.07) is 8.20. The van der Waals surface area contributed by atoms with Crippen molar-refractivity contribution in [2.75, 3.05) is 11.5 Å². The highest BCUT2D eigenvalue weighted by atomic mass is 19.4. The first kappa shape index (κ1) is 17.9. The number of ether oxygens (including phenoxy) is 1. The van der Waals surface area contributed by atoms with Crippen LogP contribution < -0.4 is 16.2 Å². The van der Waals surface area contributed by atoms with Crippen molar-refractivity contribution >= 4 is 11.8 Å². The summed E-state index contributed by atoms with van der Waals surface area (Å²) in [5.74, 6) is -0.0898. The average molecular weight is 373 g/mol. The third-order valence-corrected chi connectivity index (χ3v) is 3.31. The molecule has 2 aromatic heterocycles. The van der Waals surface area contributed by atoms with Crippen molar-refractivity contribution in [3.8, 4) is 29.1 Å². The van der Waals surface area contributed by atoms with Crippen LogP contribution in [0.25, 0.3) is 11.3 Å². The minimum Gasteiger partial charge on any atom is -0.424 e. The van der Waals surface area contributed by atoms with Gasteiger partial charge in [-0.05, 0) is 18.2 Å². The van der Waals surface area contributed by atoms with E-state index in [9.17, 15) is 18.4 Å². The summed E-state index contributed by atoms with van der Waals surface area (Å²) in [4.78, 5) is 14.7. The van der Waals surface area contributed by atoms with Crippen molar-refractivity contribution in [2.45, 2.75) is 6.18 Å². The lowest BCUT2D eigenvalue weighted by Crippen LogP contribution is -2.09. The molecule has 0 aliphatic carbocycles. The lowest BCUT2D eigenvalue weighted by atomic mass is 10.1. The number of halogens is 3. The minimum absolute atomic E-state index is 0.0108. The molecular weight excluding hydrogens is 363 g/mol. The SMILES string of the molecule is N#Cc1c(N)nc(N)nc1-c1cccc(Oc2nccc(C(F)(F)F)n2)c1. The van der Waals surface area contributed by atoms with E-state index < -0.39 is 17.9 Å². The van der Waals surface area contributed by atoms with Crippen LogP contribution in [-0.2, 0) is 6.18 Å². The topological polar surface area (TPSA) is 137 Å². The number of benzene rings is 1. The molecule has 3 aromatic rings. The van der Waals surface area contributed by atoms with Crippen LogP contribution in [0.15, 0.2) is 36.5 Å². The Morgan fingerprint density at radius 2 is 1.85 bits per heavy atom. The minimum atomic E-state index is -4.62. The summed E-state index contributed by atoms with van der Waals surface area (Å²) >= 11 is 0. The molecule has 3 rings (SSSR count). The Hall–Kier alpha value is -3.94. The van der Waals surface area contributed by atoms with E-state index in [0.29, 0.717) is 5.56 Å². The van der Waals surface area contributed by atoms with E-state index in [4.69, 9.17) is 16.2 Å². The predicted molar refractivity (Wildman–Crippen MR) is 88.1 cm³/mol. The number of nitrogen functional groups attached to an aromatic ring is 2. The molecule has 0 aliphatic heterocycles. The van der Waals surface area contributed by atoms with Gasteiger partial charge in [0.1, 0.15) is 23.2 Å². The van der Waals surface area contributed by atoms with E-state index in [1.807, 2.05) is 6.07 Å². The Morgan fingerprint density at radius 1 is 1.07 bits per heavy atom. The van der Waals surface area contributed by atoms with Gasteiger partial charge in [0.15, 0.2) is 5.69 Å². The number of hydrogen-bond acceptors (Lipinski definition) is 8. The number of aromatic nitrogens is 4. The number of nitriles is 1. The van der Waals surface area contributed by atoms with Crippen molar-refractivity contribution in [3.05, 3.63) is 47.8 Å². The first-order valence-corrected chi connectivity index (χ1v) is 7.29. The van der Waals surface area contributed by atoms with Crippen LogP contribution >= 0.6 is 0 Å². The van der Waals surface area contributed by atoms with Gasteiger partial charge in [-0.25, -0.2) is 9.97 Å². The first-order chi connectivity index (χ1) is 12.8. The zero-order valence-corrected chi connectivity index (χ0v) is 13.4. The van der Waals surface area contributed by atoms with Gasteiger partial charge in [-0.1, -0.05) is 12.1 Å². The van der Waals surface area contributed by atoms with Crippen molar-refractivity contribution in [2.24, 2.45) is 0 Å². The number of alkyl halides is 3. The summed E-state index contributed by atoms with van der Waals surface area (Å²) in [6.07, 6.45) is -3.69. The lowest BCUT2D eigenvalue weighted by molar-refractivity contribution is -0.141. The molecule has 136 valence electrons. The number of nitrogens with zero attached hydrogens (tertiary/aromatic N) is 5. The number of rotatable bonds is 3. The van der Waals surface area contributed by atoms with Crippen LogP contribution in [0.2, 0.25) is 0 Å². The largest absolute Gasteiger partial charge is 0.433 e. The fourth-order valence-corrected chi connectivity index (χ4v) is 2.18. The molecule has 2 heterocycles. The first-order valence-electron chi connectivity index (χ1n) is 7.29. The molecule has 0 amide bonds. The third kappa shape index (κ3) is 3.84. The maximum atomic E-state index is 12.7. The van der Waals surface area contributed by atoms with E-state index in [1.54, 1.807) is 12.1 Å². The highest BCUT2D eigenvalue weighted by Crippen LogP contribution is 2.31. The Balaban J connectivity index is 1.98. The van der Waals surface area contributed by atoms with Crippen molar-refractivity contribution in [3.63, 3.8) is 0 Å². The van der Waals surface area contributed by atoms with Crippen LogP contribution in [0, 0.1) is 11.3 Å². The fourth-order valence-electron chi connectivity index (χ4n) is 2.18. The Bertz CT molecular complexity index is 1050. The van der Waals surface area contributed by atoms with Gasteiger partial charge < -0.3 is 16.2 Å². The third-order valence-electron chi connectivity index (χ3n) is 3.31. The van der Waals surface area contributed by atoms with E-state index in [2.05, 4.69) is 19.9 Å². The van der Waals surface area contributed by atoms with Crippen molar-refractivity contribution in [1.82, 2.24) is 19.9 Å². The van der Waals surface area contributed by atoms with Gasteiger partial charge >= 0.3 is 12.2 Å². The monoisotopic (exact) mass is 373 g/mol. The van der Waals surface area contributed by atoms with E-state index >= 15 is 0 Å². The molecule has 0 bridgehead atoms. The van der Waals surface area contributed by atoms with Gasteiger partial charge in [0.2, 0.25) is 5.95 Å². The van der Waals surface area contributed by atoms with Crippen LogP contribution in [-0.4, -0.2) is 19.9 Å². The molecule has 8 nitrogen and oxygen atoms in total. The molecule has 27 heavy (non-hydrogen) atoms. The summed E-state index contributed by atoms with van der Waals surface area (Å²) in [5.41, 5.74) is 10.7. The fraction of sp³-hybridized carbons (Fsp3) is 0.0625. The molecule has 0 unspecified atom stereocenters. The van der Waals surface area contributed by atoms with Gasteiger partial charge in [-0.3, -0.25) is 0 Å². The quantitative estimate of drug-likeness (QED) is 0.715. The Labute approximate surface area is 150 Å². The number of nitrogens with two attached hydrogens (primary N) is 2. The smallest absolute Gasteiger partial charge is 0.424 e. The molecule has 1 aromatic carbocycles. The van der Waals surface area contributed by atoms with Gasteiger partial charge in [0, 0.05) is 11.8 Å². The molecule has 0 fully saturated rings. The zero-order chi connectivity index (χ0) is 19.6. The van der Waals surface area contributed by atoms with E-state index in [0.717, 1.165) is 12.3 Å². The highest BCUT2D eigenvalue weighted by Gasteiger charge is 2.33. The summed E-state index contributed by atoms with van der Waals surface area (Å²) in [6.45, 7) is 0. The summed E-state index contributed by atoms with van der Waals surface area (Å²) < 4.78 is 43.5. The van der Waals surface area contributed by atoms with Gasteiger partial charge in [-0.2, -0.15) is 28.4 Å².